The summed E-state index contributed by atoms with van der Waals surface area (Å²) >= 11 is 0. The molecule has 0 aromatic carbocycles. The molecule has 0 radical (unpaired) electrons. The molecular formula is C13H18N4. The van der Waals surface area contributed by atoms with Crippen LogP contribution in [0, 0.1) is 6.92 Å². The van der Waals surface area contributed by atoms with Crippen molar-refractivity contribution in [1.82, 2.24) is 14.6 Å². The molecule has 4 heteroatoms. The van der Waals surface area contributed by atoms with Gasteiger partial charge in [-0.25, -0.2) is 4.52 Å². The Bertz CT molecular complexity index is 537. The SMILES string of the molecule is Cc1cccn2nc(NC3(C)CCCC3)nc12. The molecule has 90 valence electrons. The summed E-state index contributed by atoms with van der Waals surface area (Å²) in [5.74, 6) is 0.753. The summed E-state index contributed by atoms with van der Waals surface area (Å²) in [7, 11) is 0. The minimum atomic E-state index is 0.179. The van der Waals surface area contributed by atoms with E-state index in [1.165, 1.54) is 25.7 Å². The van der Waals surface area contributed by atoms with Crippen LogP contribution in [0.5, 0.6) is 0 Å². The second kappa shape index (κ2) is 3.72. The third kappa shape index (κ3) is 1.88. The Morgan fingerprint density at radius 2 is 2.12 bits per heavy atom. The van der Waals surface area contributed by atoms with Crippen molar-refractivity contribution in [3.63, 3.8) is 0 Å². The number of fused-ring (bicyclic) bond motifs is 1. The highest BCUT2D eigenvalue weighted by Gasteiger charge is 2.29. The van der Waals surface area contributed by atoms with Crippen LogP contribution >= 0.6 is 0 Å². The number of anilines is 1. The lowest BCUT2D eigenvalue weighted by atomic mass is 10.0. The van der Waals surface area contributed by atoms with Gasteiger partial charge >= 0.3 is 0 Å². The van der Waals surface area contributed by atoms with E-state index in [0.717, 1.165) is 17.2 Å². The van der Waals surface area contributed by atoms with E-state index in [4.69, 9.17) is 0 Å². The molecule has 4 nitrogen and oxygen atoms in total. The van der Waals surface area contributed by atoms with Crippen LogP contribution in [0.4, 0.5) is 5.95 Å². The zero-order chi connectivity index (χ0) is 11.9. The number of hydrogen-bond donors (Lipinski definition) is 1. The smallest absolute Gasteiger partial charge is 0.243 e. The van der Waals surface area contributed by atoms with Crippen LogP contribution in [0.2, 0.25) is 0 Å². The van der Waals surface area contributed by atoms with E-state index >= 15 is 0 Å². The average molecular weight is 230 g/mol. The zero-order valence-electron chi connectivity index (χ0n) is 10.4. The van der Waals surface area contributed by atoms with Gasteiger partial charge in [0, 0.05) is 11.7 Å². The number of hydrogen-bond acceptors (Lipinski definition) is 3. The van der Waals surface area contributed by atoms with E-state index in [1.54, 1.807) is 0 Å². The summed E-state index contributed by atoms with van der Waals surface area (Å²) in [5, 5.41) is 7.97. The van der Waals surface area contributed by atoms with Crippen molar-refractivity contribution < 1.29 is 0 Å². The normalized spacial score (nSPS) is 18.7. The molecular weight excluding hydrogens is 212 g/mol. The highest BCUT2D eigenvalue weighted by Crippen LogP contribution is 2.31. The summed E-state index contributed by atoms with van der Waals surface area (Å²) in [6.07, 6.45) is 6.96. The number of rotatable bonds is 2. The van der Waals surface area contributed by atoms with Gasteiger partial charge in [0.2, 0.25) is 5.95 Å². The molecule has 2 heterocycles. The predicted molar refractivity (Wildman–Crippen MR) is 68.2 cm³/mol. The first-order valence-corrected chi connectivity index (χ1v) is 6.27. The fraction of sp³-hybridized carbons (Fsp3) is 0.538. The van der Waals surface area contributed by atoms with Gasteiger partial charge in [0.25, 0.3) is 0 Å². The van der Waals surface area contributed by atoms with Gasteiger partial charge in [0.1, 0.15) is 0 Å². The van der Waals surface area contributed by atoms with Crippen molar-refractivity contribution in [1.29, 1.82) is 0 Å². The maximum absolute atomic E-state index is 4.56. The minimum Gasteiger partial charge on any atom is -0.348 e. The first kappa shape index (κ1) is 10.6. The van der Waals surface area contributed by atoms with Gasteiger partial charge < -0.3 is 5.32 Å². The van der Waals surface area contributed by atoms with E-state index in [0.29, 0.717) is 0 Å². The molecule has 17 heavy (non-hydrogen) atoms. The molecule has 1 aliphatic rings. The van der Waals surface area contributed by atoms with E-state index in [1.807, 2.05) is 16.8 Å². The summed E-state index contributed by atoms with van der Waals surface area (Å²) in [6, 6.07) is 4.06. The molecule has 0 amide bonds. The highest BCUT2D eigenvalue weighted by atomic mass is 15.4. The summed E-state index contributed by atoms with van der Waals surface area (Å²) < 4.78 is 1.84. The van der Waals surface area contributed by atoms with Crippen molar-refractivity contribution >= 4 is 11.6 Å². The third-order valence-electron chi connectivity index (χ3n) is 3.68. The summed E-state index contributed by atoms with van der Waals surface area (Å²) in [4.78, 5) is 4.56. The Labute approximate surface area is 101 Å². The molecule has 2 aromatic rings. The molecule has 0 spiro atoms. The predicted octanol–water partition coefficient (Wildman–Crippen LogP) is 2.78. The van der Waals surface area contributed by atoms with Crippen LogP contribution in [-0.4, -0.2) is 20.1 Å². The molecule has 1 fully saturated rings. The number of nitrogens with zero attached hydrogens (tertiary/aromatic N) is 3. The van der Waals surface area contributed by atoms with Crippen molar-refractivity contribution in [2.24, 2.45) is 0 Å². The number of aromatic nitrogens is 3. The van der Waals surface area contributed by atoms with Gasteiger partial charge in [-0.3, -0.25) is 0 Å². The lowest BCUT2D eigenvalue weighted by Gasteiger charge is -2.23. The Morgan fingerprint density at radius 1 is 1.35 bits per heavy atom. The molecule has 2 aromatic heterocycles. The van der Waals surface area contributed by atoms with Gasteiger partial charge in [-0.15, -0.1) is 5.10 Å². The summed E-state index contributed by atoms with van der Waals surface area (Å²) in [5.41, 5.74) is 2.28. The van der Waals surface area contributed by atoms with E-state index in [9.17, 15) is 0 Å². The molecule has 3 rings (SSSR count). The molecule has 0 aliphatic heterocycles. The van der Waals surface area contributed by atoms with Gasteiger partial charge in [-0.1, -0.05) is 18.9 Å². The van der Waals surface area contributed by atoms with Crippen LogP contribution in [0.3, 0.4) is 0 Å². The fourth-order valence-corrected chi connectivity index (χ4v) is 2.64. The highest BCUT2D eigenvalue weighted by molar-refractivity contribution is 5.50. The first-order chi connectivity index (χ1) is 8.16. The monoisotopic (exact) mass is 230 g/mol. The van der Waals surface area contributed by atoms with E-state index in [2.05, 4.69) is 35.3 Å². The molecule has 0 atom stereocenters. The Balaban J connectivity index is 1.93. The number of aryl methyl sites for hydroxylation is 1. The molecule has 0 unspecified atom stereocenters. The van der Waals surface area contributed by atoms with Gasteiger partial charge in [-0.2, -0.15) is 4.98 Å². The Morgan fingerprint density at radius 3 is 2.82 bits per heavy atom. The van der Waals surface area contributed by atoms with Gasteiger partial charge in [0.15, 0.2) is 5.65 Å². The standard InChI is InChI=1S/C13H18N4/c1-10-6-5-9-17-11(10)14-12(16-17)15-13(2)7-3-4-8-13/h5-6,9H,3-4,7-8H2,1-2H3,(H,15,16). The molecule has 1 aliphatic carbocycles. The van der Waals surface area contributed by atoms with Gasteiger partial charge in [-0.05, 0) is 38.3 Å². The average Bonchev–Trinajstić information content (AvgIpc) is 2.86. The lowest BCUT2D eigenvalue weighted by molar-refractivity contribution is 0.528. The second-order valence-electron chi connectivity index (χ2n) is 5.29. The van der Waals surface area contributed by atoms with Crippen molar-refractivity contribution in [3.05, 3.63) is 23.9 Å². The van der Waals surface area contributed by atoms with Crippen LogP contribution < -0.4 is 5.32 Å². The van der Waals surface area contributed by atoms with Crippen LogP contribution in [0.15, 0.2) is 18.3 Å². The van der Waals surface area contributed by atoms with Crippen LogP contribution in [0.25, 0.3) is 5.65 Å². The van der Waals surface area contributed by atoms with Crippen LogP contribution in [0.1, 0.15) is 38.2 Å². The number of pyridine rings is 1. The molecule has 1 N–H and O–H groups in total. The molecule has 0 saturated heterocycles. The summed E-state index contributed by atoms with van der Waals surface area (Å²) in [6.45, 7) is 4.32. The first-order valence-electron chi connectivity index (χ1n) is 6.27. The molecule has 1 saturated carbocycles. The van der Waals surface area contributed by atoms with E-state index < -0.39 is 0 Å². The number of nitrogens with one attached hydrogen (secondary N) is 1. The minimum absolute atomic E-state index is 0.179. The quantitative estimate of drug-likeness (QED) is 0.862. The topological polar surface area (TPSA) is 42.2 Å². The fourth-order valence-electron chi connectivity index (χ4n) is 2.64. The largest absolute Gasteiger partial charge is 0.348 e. The Kier molecular flexibility index (Phi) is 2.31. The van der Waals surface area contributed by atoms with Crippen LogP contribution in [-0.2, 0) is 0 Å². The lowest BCUT2D eigenvalue weighted by Crippen LogP contribution is -2.31. The maximum atomic E-state index is 4.56. The van der Waals surface area contributed by atoms with Gasteiger partial charge in [0.05, 0.1) is 0 Å². The van der Waals surface area contributed by atoms with Crippen molar-refractivity contribution in [3.8, 4) is 0 Å². The van der Waals surface area contributed by atoms with Crippen molar-refractivity contribution in [2.75, 3.05) is 5.32 Å². The Hall–Kier alpha value is -1.58. The zero-order valence-corrected chi connectivity index (χ0v) is 10.4. The second-order valence-corrected chi connectivity index (χ2v) is 5.29. The third-order valence-corrected chi connectivity index (χ3v) is 3.68. The van der Waals surface area contributed by atoms with E-state index in [-0.39, 0.29) is 5.54 Å². The van der Waals surface area contributed by atoms with Crippen molar-refractivity contribution in [2.45, 2.75) is 45.1 Å². The maximum Gasteiger partial charge on any atom is 0.243 e. The molecule has 0 bridgehead atoms.